The topological polar surface area (TPSA) is 57.3 Å². The third kappa shape index (κ3) is 6.08. The summed E-state index contributed by atoms with van der Waals surface area (Å²) in [6.45, 7) is 2.34. The van der Waals surface area contributed by atoms with Gasteiger partial charge in [0.1, 0.15) is 5.82 Å². The van der Waals surface area contributed by atoms with E-state index in [1.54, 1.807) is 12.3 Å². The van der Waals surface area contributed by atoms with Gasteiger partial charge in [0.05, 0.1) is 5.56 Å². The lowest BCUT2D eigenvalue weighted by Crippen LogP contribution is -2.27. The Labute approximate surface area is 137 Å². The lowest BCUT2D eigenvalue weighted by atomic mass is 10.2. The molecule has 0 spiro atoms. The number of nitrogens with one attached hydrogen (secondary N) is 2. The van der Waals surface area contributed by atoms with Crippen molar-refractivity contribution in [3.63, 3.8) is 0 Å². The van der Waals surface area contributed by atoms with E-state index < -0.39 is 0 Å². The molecule has 0 saturated carbocycles. The molecule has 0 saturated heterocycles. The molecule has 2 rings (SSSR count). The Morgan fingerprint density at radius 3 is 2.57 bits per heavy atom. The van der Waals surface area contributed by atoms with Gasteiger partial charge in [0.15, 0.2) is 0 Å². The standard InChI is InChI=1S/C18H24N4O/c1-22(2)12-6-11-19-18(23)16-9-10-17(21-14-16)20-13-15-7-4-3-5-8-15/h3-5,7-10,14H,6,11-13H2,1-2H3,(H,19,23)(H,20,21). The van der Waals surface area contributed by atoms with Crippen LogP contribution in [0.5, 0.6) is 0 Å². The Balaban J connectivity index is 1.78. The van der Waals surface area contributed by atoms with E-state index >= 15 is 0 Å². The smallest absolute Gasteiger partial charge is 0.252 e. The third-order valence-electron chi connectivity index (χ3n) is 3.41. The molecule has 1 amide bonds. The molecular weight excluding hydrogens is 288 g/mol. The second-order valence-corrected chi connectivity index (χ2v) is 5.68. The number of benzene rings is 1. The fourth-order valence-corrected chi connectivity index (χ4v) is 2.12. The maximum Gasteiger partial charge on any atom is 0.252 e. The summed E-state index contributed by atoms with van der Waals surface area (Å²) in [7, 11) is 4.04. The van der Waals surface area contributed by atoms with E-state index in [-0.39, 0.29) is 5.91 Å². The molecule has 0 aliphatic heterocycles. The molecule has 1 aromatic heterocycles. The second-order valence-electron chi connectivity index (χ2n) is 5.68. The highest BCUT2D eigenvalue weighted by Crippen LogP contribution is 2.07. The average Bonchev–Trinajstić information content (AvgIpc) is 2.58. The molecule has 23 heavy (non-hydrogen) atoms. The number of hydrogen-bond donors (Lipinski definition) is 2. The van der Waals surface area contributed by atoms with Crippen LogP contribution in [0.3, 0.4) is 0 Å². The molecule has 1 aromatic carbocycles. The van der Waals surface area contributed by atoms with Gasteiger partial charge < -0.3 is 15.5 Å². The zero-order chi connectivity index (χ0) is 16.5. The number of anilines is 1. The van der Waals surface area contributed by atoms with Gasteiger partial charge in [0, 0.05) is 19.3 Å². The van der Waals surface area contributed by atoms with Crippen LogP contribution in [0.15, 0.2) is 48.7 Å². The first kappa shape index (κ1) is 17.0. The normalized spacial score (nSPS) is 10.6. The first-order valence-electron chi connectivity index (χ1n) is 7.82. The van der Waals surface area contributed by atoms with E-state index in [2.05, 4.69) is 32.7 Å². The molecule has 0 aliphatic carbocycles. The Kier molecular flexibility index (Phi) is 6.56. The van der Waals surface area contributed by atoms with E-state index in [1.165, 1.54) is 5.56 Å². The fourth-order valence-electron chi connectivity index (χ4n) is 2.12. The summed E-state index contributed by atoms with van der Waals surface area (Å²) in [4.78, 5) is 18.4. The minimum Gasteiger partial charge on any atom is -0.366 e. The highest BCUT2D eigenvalue weighted by molar-refractivity contribution is 5.94. The van der Waals surface area contributed by atoms with Crippen molar-refractivity contribution < 1.29 is 4.79 Å². The van der Waals surface area contributed by atoms with Gasteiger partial charge in [-0.2, -0.15) is 0 Å². The van der Waals surface area contributed by atoms with Crippen LogP contribution in [0, 0.1) is 0 Å². The summed E-state index contributed by atoms with van der Waals surface area (Å²) >= 11 is 0. The summed E-state index contributed by atoms with van der Waals surface area (Å²) in [5.41, 5.74) is 1.78. The first-order chi connectivity index (χ1) is 11.1. The third-order valence-corrected chi connectivity index (χ3v) is 3.41. The molecular formula is C18H24N4O. The van der Waals surface area contributed by atoms with Gasteiger partial charge >= 0.3 is 0 Å². The van der Waals surface area contributed by atoms with Crippen LogP contribution in [0.4, 0.5) is 5.82 Å². The van der Waals surface area contributed by atoms with E-state index in [1.807, 2.05) is 38.4 Å². The predicted octanol–water partition coefficient (Wildman–Crippen LogP) is 2.38. The Morgan fingerprint density at radius 2 is 1.91 bits per heavy atom. The molecule has 0 bridgehead atoms. The van der Waals surface area contributed by atoms with Crippen molar-refractivity contribution in [2.75, 3.05) is 32.5 Å². The van der Waals surface area contributed by atoms with E-state index in [0.29, 0.717) is 18.7 Å². The minimum absolute atomic E-state index is 0.0779. The molecule has 1 heterocycles. The zero-order valence-electron chi connectivity index (χ0n) is 13.7. The molecule has 0 fully saturated rings. The summed E-state index contributed by atoms with van der Waals surface area (Å²) in [6.07, 6.45) is 2.54. The number of pyridine rings is 1. The lowest BCUT2D eigenvalue weighted by molar-refractivity contribution is 0.0952. The molecule has 2 N–H and O–H groups in total. The van der Waals surface area contributed by atoms with Gasteiger partial charge in [0.25, 0.3) is 5.91 Å². The van der Waals surface area contributed by atoms with Gasteiger partial charge in [-0.25, -0.2) is 4.98 Å². The average molecular weight is 312 g/mol. The van der Waals surface area contributed by atoms with Crippen LogP contribution in [0.25, 0.3) is 0 Å². The van der Waals surface area contributed by atoms with Crippen molar-refractivity contribution in [3.05, 3.63) is 59.8 Å². The van der Waals surface area contributed by atoms with Crippen LogP contribution in [0.2, 0.25) is 0 Å². The summed E-state index contributed by atoms with van der Waals surface area (Å²) < 4.78 is 0. The van der Waals surface area contributed by atoms with Crippen molar-refractivity contribution in [2.45, 2.75) is 13.0 Å². The monoisotopic (exact) mass is 312 g/mol. The zero-order valence-corrected chi connectivity index (χ0v) is 13.7. The fraction of sp³-hybridized carbons (Fsp3) is 0.333. The maximum absolute atomic E-state index is 12.0. The number of carbonyl (C=O) groups is 1. The molecule has 5 heteroatoms. The van der Waals surface area contributed by atoms with Gasteiger partial charge in [0.2, 0.25) is 0 Å². The number of hydrogen-bond acceptors (Lipinski definition) is 4. The second kappa shape index (κ2) is 8.90. The number of rotatable bonds is 8. The van der Waals surface area contributed by atoms with Gasteiger partial charge in [-0.1, -0.05) is 30.3 Å². The largest absolute Gasteiger partial charge is 0.366 e. The molecule has 5 nitrogen and oxygen atoms in total. The quantitative estimate of drug-likeness (QED) is 0.735. The SMILES string of the molecule is CN(C)CCCNC(=O)c1ccc(NCc2ccccc2)nc1. The van der Waals surface area contributed by atoms with Gasteiger partial charge in [-0.3, -0.25) is 4.79 Å². The van der Waals surface area contributed by atoms with Crippen molar-refractivity contribution >= 4 is 11.7 Å². The van der Waals surface area contributed by atoms with Crippen LogP contribution < -0.4 is 10.6 Å². The lowest BCUT2D eigenvalue weighted by Gasteiger charge is -2.10. The van der Waals surface area contributed by atoms with Gasteiger partial charge in [-0.05, 0) is 44.8 Å². The highest BCUT2D eigenvalue weighted by atomic mass is 16.1. The van der Waals surface area contributed by atoms with Crippen molar-refractivity contribution in [1.82, 2.24) is 15.2 Å². The molecule has 0 radical (unpaired) electrons. The van der Waals surface area contributed by atoms with E-state index in [0.717, 1.165) is 18.8 Å². The predicted molar refractivity (Wildman–Crippen MR) is 93.5 cm³/mol. The summed E-state index contributed by atoms with van der Waals surface area (Å²) in [6, 6.07) is 13.8. The number of aromatic nitrogens is 1. The molecule has 122 valence electrons. The molecule has 2 aromatic rings. The minimum atomic E-state index is -0.0779. The van der Waals surface area contributed by atoms with Crippen molar-refractivity contribution in [1.29, 1.82) is 0 Å². The summed E-state index contributed by atoms with van der Waals surface area (Å²) in [5, 5.41) is 6.15. The first-order valence-corrected chi connectivity index (χ1v) is 7.82. The van der Waals surface area contributed by atoms with E-state index in [9.17, 15) is 4.79 Å². The maximum atomic E-state index is 12.0. The van der Waals surface area contributed by atoms with E-state index in [4.69, 9.17) is 0 Å². The molecule has 0 atom stereocenters. The van der Waals surface area contributed by atoms with Gasteiger partial charge in [-0.15, -0.1) is 0 Å². The Hall–Kier alpha value is -2.40. The number of nitrogens with zero attached hydrogens (tertiary/aromatic N) is 2. The Bertz CT molecular complexity index is 596. The van der Waals surface area contributed by atoms with Crippen LogP contribution in [-0.2, 0) is 6.54 Å². The number of amides is 1. The van der Waals surface area contributed by atoms with Crippen LogP contribution in [-0.4, -0.2) is 43.0 Å². The van der Waals surface area contributed by atoms with Crippen LogP contribution in [0.1, 0.15) is 22.3 Å². The van der Waals surface area contributed by atoms with Crippen LogP contribution >= 0.6 is 0 Å². The van der Waals surface area contributed by atoms with Crippen molar-refractivity contribution in [2.24, 2.45) is 0 Å². The Morgan fingerprint density at radius 1 is 1.13 bits per heavy atom. The number of carbonyl (C=O) groups excluding carboxylic acids is 1. The highest BCUT2D eigenvalue weighted by Gasteiger charge is 2.05. The molecule has 0 aliphatic rings. The summed E-state index contributed by atoms with van der Waals surface area (Å²) in [5.74, 6) is 0.684. The molecule has 0 unspecified atom stereocenters. The van der Waals surface area contributed by atoms with Crippen molar-refractivity contribution in [3.8, 4) is 0 Å².